The molecule has 1 heterocycles. The van der Waals surface area contributed by atoms with E-state index in [0.29, 0.717) is 58.6 Å². The first-order chi connectivity index (χ1) is 18.6. The van der Waals surface area contributed by atoms with Crippen LogP contribution in [0.4, 0.5) is 18.9 Å². The summed E-state index contributed by atoms with van der Waals surface area (Å²) in [6, 6.07) is 14.5. The summed E-state index contributed by atoms with van der Waals surface area (Å²) < 4.78 is 50.9. The third-order valence-electron chi connectivity index (χ3n) is 6.67. The van der Waals surface area contributed by atoms with Gasteiger partial charge in [-0.25, -0.2) is 0 Å². The Morgan fingerprint density at radius 2 is 1.69 bits per heavy atom. The Hall–Kier alpha value is -2.94. The lowest BCUT2D eigenvalue weighted by atomic mass is 9.93. The molecule has 2 unspecified atom stereocenters. The quantitative estimate of drug-likeness (QED) is 0.209. The van der Waals surface area contributed by atoms with E-state index >= 15 is 0 Å². The second kappa shape index (κ2) is 12.5. The Kier molecular flexibility index (Phi) is 9.31. The van der Waals surface area contributed by atoms with Crippen molar-refractivity contribution in [2.45, 2.75) is 38.5 Å². The van der Waals surface area contributed by atoms with Crippen LogP contribution in [0.3, 0.4) is 0 Å². The molecule has 1 aliphatic heterocycles. The number of benzene rings is 3. The van der Waals surface area contributed by atoms with Gasteiger partial charge in [0.25, 0.3) is 0 Å². The number of fused-ring (bicyclic) bond motifs is 1. The zero-order valence-electron chi connectivity index (χ0n) is 21.3. The molecule has 4 rings (SSSR count). The Labute approximate surface area is 235 Å². The molecule has 10 heteroatoms. The van der Waals surface area contributed by atoms with Gasteiger partial charge in [0.05, 0.1) is 27.7 Å². The number of carbonyl (C=O) groups excluding carboxylic acids is 1. The van der Waals surface area contributed by atoms with Crippen molar-refractivity contribution in [2.75, 3.05) is 24.7 Å². The summed E-state index contributed by atoms with van der Waals surface area (Å²) in [6.45, 7) is 2.97. The van der Waals surface area contributed by atoms with E-state index in [2.05, 4.69) is 0 Å². The van der Waals surface area contributed by atoms with Crippen LogP contribution < -0.4 is 20.1 Å². The summed E-state index contributed by atoms with van der Waals surface area (Å²) in [6.07, 6.45) is -2.70. The standard InChI is InChI=1S/C29H29Cl2F3N2O3/c1-18-13-24(30)27(25(31)14-18)39-12-11-38-23-7-4-19(5-8-23)15-21(17-37)28(35)36-10-2-3-20-16-22(29(32,33)34)6-9-26(20)36/h4-9,13-14,16-17,21,28H,2-3,10-12,15,35H2,1H3. The Balaban J connectivity index is 1.33. The first-order valence-corrected chi connectivity index (χ1v) is 13.3. The molecule has 39 heavy (non-hydrogen) atoms. The molecular formula is C29H29Cl2F3N2O3. The minimum atomic E-state index is -4.41. The fourth-order valence-electron chi connectivity index (χ4n) is 4.71. The molecule has 2 N–H and O–H groups in total. The number of ether oxygens (including phenoxy) is 2. The first kappa shape index (κ1) is 29.1. The van der Waals surface area contributed by atoms with Gasteiger partial charge in [0.2, 0.25) is 0 Å². The average Bonchev–Trinajstić information content (AvgIpc) is 2.90. The van der Waals surface area contributed by atoms with Crippen LogP contribution in [-0.2, 0) is 23.8 Å². The first-order valence-electron chi connectivity index (χ1n) is 12.5. The van der Waals surface area contributed by atoms with Crippen LogP contribution in [0.5, 0.6) is 11.5 Å². The van der Waals surface area contributed by atoms with Gasteiger partial charge in [-0.15, -0.1) is 0 Å². The number of nitrogens with two attached hydrogens (primary N) is 1. The van der Waals surface area contributed by atoms with E-state index in [4.69, 9.17) is 38.4 Å². The molecule has 0 aromatic heterocycles. The Bertz CT molecular complexity index is 1280. The van der Waals surface area contributed by atoms with E-state index in [-0.39, 0.29) is 13.2 Å². The lowest BCUT2D eigenvalue weighted by Crippen LogP contribution is -2.50. The van der Waals surface area contributed by atoms with Crippen molar-refractivity contribution in [3.63, 3.8) is 0 Å². The molecule has 0 fully saturated rings. The molecule has 3 aromatic carbocycles. The predicted octanol–water partition coefficient (Wildman–Crippen LogP) is 6.87. The fourth-order valence-corrected chi connectivity index (χ4v) is 5.42. The van der Waals surface area contributed by atoms with Gasteiger partial charge in [-0.2, -0.15) is 13.2 Å². The van der Waals surface area contributed by atoms with Gasteiger partial charge in [0.1, 0.15) is 25.2 Å². The largest absolute Gasteiger partial charge is 0.490 e. The maximum atomic E-state index is 13.2. The van der Waals surface area contributed by atoms with Crippen molar-refractivity contribution in [3.05, 3.63) is 86.9 Å². The molecule has 0 radical (unpaired) electrons. The van der Waals surface area contributed by atoms with Gasteiger partial charge in [0, 0.05) is 12.2 Å². The molecule has 0 saturated carbocycles. The number of halogens is 5. The molecule has 0 amide bonds. The van der Waals surface area contributed by atoms with Gasteiger partial charge >= 0.3 is 6.18 Å². The minimum Gasteiger partial charge on any atom is -0.490 e. The number of anilines is 1. The maximum absolute atomic E-state index is 13.2. The zero-order chi connectivity index (χ0) is 28.2. The molecule has 5 nitrogen and oxygen atoms in total. The number of carbonyl (C=O) groups is 1. The third-order valence-corrected chi connectivity index (χ3v) is 7.23. The van der Waals surface area contributed by atoms with Crippen LogP contribution >= 0.6 is 23.2 Å². The molecule has 1 aliphatic rings. The Morgan fingerprint density at radius 3 is 2.33 bits per heavy atom. The number of hydrogen-bond acceptors (Lipinski definition) is 5. The van der Waals surface area contributed by atoms with Crippen LogP contribution in [0.15, 0.2) is 54.6 Å². The molecule has 0 bridgehead atoms. The maximum Gasteiger partial charge on any atom is 0.416 e. The summed E-state index contributed by atoms with van der Waals surface area (Å²) in [5.74, 6) is 0.486. The van der Waals surface area contributed by atoms with E-state index in [0.717, 1.165) is 23.5 Å². The summed E-state index contributed by atoms with van der Waals surface area (Å²) in [7, 11) is 0. The lowest BCUT2D eigenvalue weighted by molar-refractivity contribution is -0.137. The number of rotatable bonds is 10. The van der Waals surface area contributed by atoms with Crippen LogP contribution in [0.25, 0.3) is 0 Å². The summed E-state index contributed by atoms with van der Waals surface area (Å²) >= 11 is 12.4. The molecule has 2 atom stereocenters. The van der Waals surface area contributed by atoms with Gasteiger partial charge in [-0.05, 0) is 85.3 Å². The monoisotopic (exact) mass is 580 g/mol. The van der Waals surface area contributed by atoms with E-state index in [1.807, 2.05) is 24.0 Å². The lowest BCUT2D eigenvalue weighted by Gasteiger charge is -2.38. The number of aryl methyl sites for hydroxylation is 2. The molecule has 0 spiro atoms. The van der Waals surface area contributed by atoms with Crippen molar-refractivity contribution in [3.8, 4) is 11.5 Å². The highest BCUT2D eigenvalue weighted by molar-refractivity contribution is 6.37. The van der Waals surface area contributed by atoms with Crippen molar-refractivity contribution in [2.24, 2.45) is 11.7 Å². The number of nitrogens with zero attached hydrogens (tertiary/aromatic N) is 1. The Morgan fingerprint density at radius 1 is 1.03 bits per heavy atom. The average molecular weight is 581 g/mol. The second-order valence-electron chi connectivity index (χ2n) is 9.53. The SMILES string of the molecule is Cc1cc(Cl)c(OCCOc2ccc(CC(C=O)C(N)N3CCCc4cc(C(F)(F)F)ccc43)cc2)c(Cl)c1. The predicted molar refractivity (Wildman–Crippen MR) is 147 cm³/mol. The normalized spacial score (nSPS) is 14.9. The zero-order valence-corrected chi connectivity index (χ0v) is 22.8. The highest BCUT2D eigenvalue weighted by Crippen LogP contribution is 2.36. The van der Waals surface area contributed by atoms with Crippen molar-refractivity contribution >= 4 is 35.2 Å². The van der Waals surface area contributed by atoms with E-state index in [1.54, 1.807) is 24.3 Å². The molecule has 0 aliphatic carbocycles. The number of hydrogen-bond donors (Lipinski definition) is 1. The smallest absolute Gasteiger partial charge is 0.416 e. The van der Waals surface area contributed by atoms with Crippen molar-refractivity contribution in [1.29, 1.82) is 0 Å². The minimum absolute atomic E-state index is 0.244. The van der Waals surface area contributed by atoms with Crippen molar-refractivity contribution < 1.29 is 27.4 Å². The summed E-state index contributed by atoms with van der Waals surface area (Å²) in [5, 5.41) is 0.873. The third kappa shape index (κ3) is 7.18. The number of aldehydes is 1. The van der Waals surface area contributed by atoms with Gasteiger partial charge in [0.15, 0.2) is 5.75 Å². The molecular weight excluding hydrogens is 552 g/mol. The van der Waals surface area contributed by atoms with Crippen LogP contribution in [0.2, 0.25) is 10.0 Å². The van der Waals surface area contributed by atoms with Crippen LogP contribution in [0.1, 0.15) is 28.7 Å². The van der Waals surface area contributed by atoms with Crippen LogP contribution in [0, 0.1) is 12.8 Å². The highest BCUT2D eigenvalue weighted by atomic mass is 35.5. The molecule has 0 saturated heterocycles. The van der Waals surface area contributed by atoms with Crippen molar-refractivity contribution in [1.82, 2.24) is 0 Å². The second-order valence-corrected chi connectivity index (χ2v) is 10.3. The van der Waals surface area contributed by atoms with Crippen LogP contribution in [-0.4, -0.2) is 32.2 Å². The highest BCUT2D eigenvalue weighted by Gasteiger charge is 2.33. The van der Waals surface area contributed by atoms with E-state index < -0.39 is 23.8 Å². The van der Waals surface area contributed by atoms with Gasteiger partial charge in [-0.3, -0.25) is 0 Å². The molecule has 208 valence electrons. The topological polar surface area (TPSA) is 64.8 Å². The number of alkyl halides is 3. The summed E-state index contributed by atoms with van der Waals surface area (Å²) in [5.41, 5.74) is 8.87. The van der Waals surface area contributed by atoms with E-state index in [1.165, 1.54) is 12.1 Å². The van der Waals surface area contributed by atoms with Gasteiger partial charge in [-0.1, -0.05) is 35.3 Å². The molecule has 3 aromatic rings. The van der Waals surface area contributed by atoms with E-state index in [9.17, 15) is 18.0 Å². The summed E-state index contributed by atoms with van der Waals surface area (Å²) in [4.78, 5) is 13.8. The van der Waals surface area contributed by atoms with Gasteiger partial charge < -0.3 is 24.9 Å². The fraction of sp³-hybridized carbons (Fsp3) is 0.345.